The van der Waals surface area contributed by atoms with E-state index in [0.29, 0.717) is 32.0 Å². The molecule has 136 valence electrons. The first-order valence-electron chi connectivity index (χ1n) is 8.17. The third-order valence-corrected chi connectivity index (χ3v) is 4.26. The molecule has 1 aromatic carbocycles. The topological polar surface area (TPSA) is 65.5 Å². The molecule has 3 rings (SSSR count). The van der Waals surface area contributed by atoms with Gasteiger partial charge < -0.3 is 15.1 Å². The van der Waals surface area contributed by atoms with Gasteiger partial charge >= 0.3 is 0 Å². The minimum absolute atomic E-state index is 0.00938. The maximum Gasteiger partial charge on any atom is 0.256 e. The van der Waals surface area contributed by atoms with Crippen molar-refractivity contribution < 1.29 is 18.4 Å². The molecule has 2 aromatic rings. The van der Waals surface area contributed by atoms with E-state index in [0.717, 1.165) is 17.8 Å². The molecule has 2 heterocycles. The lowest BCUT2D eigenvalue weighted by molar-refractivity contribution is -0.129. The molecule has 0 bridgehead atoms. The van der Waals surface area contributed by atoms with Gasteiger partial charge in [0.1, 0.15) is 5.82 Å². The quantitative estimate of drug-likeness (QED) is 0.912. The van der Waals surface area contributed by atoms with E-state index >= 15 is 0 Å². The van der Waals surface area contributed by atoms with Crippen LogP contribution < -0.4 is 10.2 Å². The SMILES string of the molecule is CC(=O)N1CCN(c2ccc(NC(=O)c3ccc(F)c(F)c3)nc2)CC1. The lowest BCUT2D eigenvalue weighted by Crippen LogP contribution is -2.48. The van der Waals surface area contributed by atoms with Crippen LogP contribution >= 0.6 is 0 Å². The van der Waals surface area contributed by atoms with Gasteiger partial charge in [0.2, 0.25) is 5.91 Å². The van der Waals surface area contributed by atoms with Crippen molar-refractivity contribution in [1.82, 2.24) is 9.88 Å². The van der Waals surface area contributed by atoms with Gasteiger partial charge in [0.15, 0.2) is 11.6 Å². The minimum Gasteiger partial charge on any atom is -0.367 e. The molecule has 1 saturated heterocycles. The van der Waals surface area contributed by atoms with Crippen LogP contribution in [0.1, 0.15) is 17.3 Å². The molecular weight excluding hydrogens is 342 g/mol. The molecular formula is C18H18F2N4O2. The van der Waals surface area contributed by atoms with Gasteiger partial charge in [-0.05, 0) is 30.3 Å². The van der Waals surface area contributed by atoms with Crippen LogP contribution in [0, 0.1) is 11.6 Å². The number of amides is 2. The number of benzene rings is 1. The van der Waals surface area contributed by atoms with Crippen molar-refractivity contribution in [2.24, 2.45) is 0 Å². The molecule has 0 saturated carbocycles. The second-order valence-corrected chi connectivity index (χ2v) is 5.98. The van der Waals surface area contributed by atoms with Crippen molar-refractivity contribution in [3.63, 3.8) is 0 Å². The first kappa shape index (κ1) is 17.8. The van der Waals surface area contributed by atoms with Crippen LogP contribution in [0.5, 0.6) is 0 Å². The van der Waals surface area contributed by atoms with Crippen LogP contribution in [0.25, 0.3) is 0 Å². The maximum atomic E-state index is 13.2. The molecule has 8 heteroatoms. The molecule has 2 amide bonds. The third-order valence-electron chi connectivity index (χ3n) is 4.26. The fourth-order valence-electron chi connectivity index (χ4n) is 2.75. The summed E-state index contributed by atoms with van der Waals surface area (Å²) in [5.74, 6) is -2.28. The largest absolute Gasteiger partial charge is 0.367 e. The predicted molar refractivity (Wildman–Crippen MR) is 93.0 cm³/mol. The third kappa shape index (κ3) is 3.96. The highest BCUT2D eigenvalue weighted by Crippen LogP contribution is 2.18. The van der Waals surface area contributed by atoms with E-state index in [1.807, 2.05) is 6.07 Å². The first-order valence-corrected chi connectivity index (χ1v) is 8.17. The second-order valence-electron chi connectivity index (χ2n) is 5.98. The highest BCUT2D eigenvalue weighted by molar-refractivity contribution is 6.03. The Balaban J connectivity index is 1.62. The highest BCUT2D eigenvalue weighted by atomic mass is 19.2. The Morgan fingerprint density at radius 2 is 1.77 bits per heavy atom. The van der Waals surface area contributed by atoms with Crippen LogP contribution in [0.3, 0.4) is 0 Å². The number of aromatic nitrogens is 1. The van der Waals surface area contributed by atoms with E-state index < -0.39 is 17.5 Å². The number of rotatable bonds is 3. The van der Waals surface area contributed by atoms with E-state index in [9.17, 15) is 18.4 Å². The standard InChI is InChI=1S/C18H18F2N4O2/c1-12(25)23-6-8-24(9-7-23)14-3-5-17(21-11-14)22-18(26)13-2-4-15(19)16(20)10-13/h2-5,10-11H,6-9H2,1H3,(H,21,22,26). The zero-order valence-corrected chi connectivity index (χ0v) is 14.2. The molecule has 0 unspecified atom stereocenters. The molecule has 6 nitrogen and oxygen atoms in total. The summed E-state index contributed by atoms with van der Waals surface area (Å²) in [6.07, 6.45) is 1.63. The summed E-state index contributed by atoms with van der Waals surface area (Å²) in [4.78, 5) is 31.5. The van der Waals surface area contributed by atoms with Crippen molar-refractivity contribution in [2.45, 2.75) is 6.92 Å². The number of pyridine rings is 1. The van der Waals surface area contributed by atoms with Crippen LogP contribution in [0.4, 0.5) is 20.3 Å². The van der Waals surface area contributed by atoms with Gasteiger partial charge in [-0.2, -0.15) is 0 Å². The first-order chi connectivity index (χ1) is 12.4. The van der Waals surface area contributed by atoms with E-state index in [-0.39, 0.29) is 11.5 Å². The highest BCUT2D eigenvalue weighted by Gasteiger charge is 2.19. The van der Waals surface area contributed by atoms with Crippen molar-refractivity contribution in [3.05, 3.63) is 53.7 Å². The maximum absolute atomic E-state index is 13.2. The smallest absolute Gasteiger partial charge is 0.256 e. The Labute approximate surface area is 149 Å². The van der Waals surface area contributed by atoms with Gasteiger partial charge in [-0.25, -0.2) is 13.8 Å². The molecule has 0 atom stereocenters. The molecule has 0 aliphatic carbocycles. The lowest BCUT2D eigenvalue weighted by Gasteiger charge is -2.35. The van der Waals surface area contributed by atoms with Crippen LogP contribution in [-0.2, 0) is 4.79 Å². The normalized spacial score (nSPS) is 14.3. The number of anilines is 2. The average molecular weight is 360 g/mol. The fraction of sp³-hybridized carbons (Fsp3) is 0.278. The number of nitrogens with one attached hydrogen (secondary N) is 1. The molecule has 0 radical (unpaired) electrons. The molecule has 1 fully saturated rings. The lowest BCUT2D eigenvalue weighted by atomic mass is 10.2. The van der Waals surface area contributed by atoms with Crippen LogP contribution in [0.15, 0.2) is 36.5 Å². The molecule has 0 spiro atoms. The number of carbonyl (C=O) groups excluding carboxylic acids is 2. The summed E-state index contributed by atoms with van der Waals surface area (Å²) in [5.41, 5.74) is 0.897. The van der Waals surface area contributed by atoms with Crippen molar-refractivity contribution >= 4 is 23.3 Å². The molecule has 1 aliphatic heterocycles. The minimum atomic E-state index is -1.08. The zero-order chi connectivity index (χ0) is 18.7. The summed E-state index contributed by atoms with van der Waals surface area (Å²) >= 11 is 0. The monoisotopic (exact) mass is 360 g/mol. The van der Waals surface area contributed by atoms with Crippen molar-refractivity contribution in [1.29, 1.82) is 0 Å². The van der Waals surface area contributed by atoms with Crippen molar-refractivity contribution in [2.75, 3.05) is 36.4 Å². The number of piperazine rings is 1. The fourth-order valence-corrected chi connectivity index (χ4v) is 2.75. The van der Waals surface area contributed by atoms with Crippen LogP contribution in [0.2, 0.25) is 0 Å². The van der Waals surface area contributed by atoms with Gasteiger partial charge in [0.05, 0.1) is 11.9 Å². The molecule has 1 aliphatic rings. The molecule has 26 heavy (non-hydrogen) atoms. The average Bonchev–Trinajstić information content (AvgIpc) is 2.64. The summed E-state index contributed by atoms with van der Waals surface area (Å²) in [6.45, 7) is 4.29. The molecule has 1 aromatic heterocycles. The number of nitrogens with zero attached hydrogens (tertiary/aromatic N) is 3. The van der Waals surface area contributed by atoms with E-state index in [1.165, 1.54) is 6.07 Å². The van der Waals surface area contributed by atoms with Gasteiger partial charge in [0.25, 0.3) is 5.91 Å². The number of carbonyl (C=O) groups is 2. The summed E-state index contributed by atoms with van der Waals surface area (Å²) in [6, 6.07) is 6.41. The second kappa shape index (κ2) is 7.47. The molecule has 1 N–H and O–H groups in total. The van der Waals surface area contributed by atoms with Gasteiger partial charge in [-0.15, -0.1) is 0 Å². The summed E-state index contributed by atoms with van der Waals surface area (Å²) in [7, 11) is 0. The van der Waals surface area contributed by atoms with Gasteiger partial charge in [-0.3, -0.25) is 9.59 Å². The Morgan fingerprint density at radius 3 is 2.35 bits per heavy atom. The Morgan fingerprint density at radius 1 is 1.04 bits per heavy atom. The Kier molecular flexibility index (Phi) is 5.11. The zero-order valence-electron chi connectivity index (χ0n) is 14.2. The number of halogens is 2. The van der Waals surface area contributed by atoms with Crippen LogP contribution in [-0.4, -0.2) is 47.9 Å². The Bertz CT molecular complexity index is 818. The van der Waals surface area contributed by atoms with Gasteiger partial charge in [-0.1, -0.05) is 0 Å². The van der Waals surface area contributed by atoms with Crippen molar-refractivity contribution in [3.8, 4) is 0 Å². The number of hydrogen-bond donors (Lipinski definition) is 1. The number of hydrogen-bond acceptors (Lipinski definition) is 4. The summed E-state index contributed by atoms with van der Waals surface area (Å²) < 4.78 is 26.1. The summed E-state index contributed by atoms with van der Waals surface area (Å²) in [5, 5.41) is 2.55. The predicted octanol–water partition coefficient (Wildman–Crippen LogP) is 2.28. The Hall–Kier alpha value is -3.03. The van der Waals surface area contributed by atoms with E-state index in [4.69, 9.17) is 0 Å². The van der Waals surface area contributed by atoms with E-state index in [2.05, 4.69) is 15.2 Å². The van der Waals surface area contributed by atoms with E-state index in [1.54, 1.807) is 24.1 Å². The van der Waals surface area contributed by atoms with Gasteiger partial charge in [0, 0.05) is 38.7 Å².